The number of carbonyl (C=O) groups excluding carboxylic acids is 1. The van der Waals surface area contributed by atoms with Crippen LogP contribution in [0, 0.1) is 0 Å². The lowest BCUT2D eigenvalue weighted by molar-refractivity contribution is -0.205. The van der Waals surface area contributed by atoms with E-state index in [0.29, 0.717) is 0 Å². The lowest BCUT2D eigenvalue weighted by Gasteiger charge is -2.15. The van der Waals surface area contributed by atoms with Gasteiger partial charge in [0.1, 0.15) is 0 Å². The van der Waals surface area contributed by atoms with Gasteiger partial charge >= 0.3 is 6.18 Å². The molecule has 1 atom stereocenters. The number of hydrogen-bond acceptors (Lipinski definition) is 2. The van der Waals surface area contributed by atoms with Gasteiger partial charge in [0, 0.05) is 6.04 Å². The largest absolute Gasteiger partial charge is 0.423 e. The Morgan fingerprint density at radius 2 is 1.83 bits per heavy atom. The topological polar surface area (TPSA) is 49.3 Å². The van der Waals surface area contributed by atoms with Gasteiger partial charge in [0.2, 0.25) is 6.10 Å². The third-order valence-corrected chi connectivity index (χ3v) is 0.989. The zero-order valence-corrected chi connectivity index (χ0v) is 6.64. The molecular formula is C6H10F3NO2. The molecule has 12 heavy (non-hydrogen) atoms. The van der Waals surface area contributed by atoms with Crippen molar-refractivity contribution >= 4 is 5.91 Å². The first-order valence-electron chi connectivity index (χ1n) is 3.30. The number of hydrogen-bond donors (Lipinski definition) is 2. The van der Waals surface area contributed by atoms with Crippen molar-refractivity contribution < 1.29 is 23.1 Å². The van der Waals surface area contributed by atoms with Crippen molar-refractivity contribution in [2.45, 2.75) is 32.2 Å². The molecule has 0 saturated carbocycles. The highest BCUT2D eigenvalue weighted by Crippen LogP contribution is 2.19. The van der Waals surface area contributed by atoms with Crippen LogP contribution in [0.3, 0.4) is 0 Å². The van der Waals surface area contributed by atoms with E-state index in [1.54, 1.807) is 0 Å². The van der Waals surface area contributed by atoms with Crippen molar-refractivity contribution in [2.75, 3.05) is 0 Å². The third kappa shape index (κ3) is 3.56. The van der Waals surface area contributed by atoms with Crippen molar-refractivity contribution in [3.63, 3.8) is 0 Å². The summed E-state index contributed by atoms with van der Waals surface area (Å²) >= 11 is 0. The summed E-state index contributed by atoms with van der Waals surface area (Å²) in [5.74, 6) is -1.42. The summed E-state index contributed by atoms with van der Waals surface area (Å²) in [4.78, 5) is 10.5. The van der Waals surface area contributed by atoms with Crippen LogP contribution in [-0.4, -0.2) is 29.3 Å². The Morgan fingerprint density at radius 3 is 2.08 bits per heavy atom. The normalized spacial score (nSPS) is 14.6. The van der Waals surface area contributed by atoms with Gasteiger partial charge < -0.3 is 10.4 Å². The number of aliphatic hydroxyl groups is 1. The zero-order valence-electron chi connectivity index (χ0n) is 6.64. The molecule has 2 N–H and O–H groups in total. The Morgan fingerprint density at radius 1 is 1.42 bits per heavy atom. The van der Waals surface area contributed by atoms with Crippen LogP contribution in [0.4, 0.5) is 13.2 Å². The van der Waals surface area contributed by atoms with Gasteiger partial charge in [-0.05, 0) is 13.8 Å². The van der Waals surface area contributed by atoms with E-state index in [-0.39, 0.29) is 0 Å². The predicted octanol–water partition coefficient (Wildman–Crippen LogP) is 0.434. The molecular weight excluding hydrogens is 175 g/mol. The molecule has 0 aromatic rings. The first-order chi connectivity index (χ1) is 5.25. The average molecular weight is 185 g/mol. The van der Waals surface area contributed by atoms with Crippen LogP contribution in [-0.2, 0) is 4.79 Å². The van der Waals surface area contributed by atoms with Crippen molar-refractivity contribution in [1.82, 2.24) is 5.32 Å². The first-order valence-corrected chi connectivity index (χ1v) is 3.30. The summed E-state index contributed by atoms with van der Waals surface area (Å²) in [6.45, 7) is 3.00. The highest BCUT2D eigenvalue weighted by atomic mass is 19.4. The maximum atomic E-state index is 11.6. The molecule has 0 spiro atoms. The van der Waals surface area contributed by atoms with E-state index in [1.807, 2.05) is 5.32 Å². The van der Waals surface area contributed by atoms with Crippen molar-refractivity contribution in [3.8, 4) is 0 Å². The summed E-state index contributed by atoms with van der Waals surface area (Å²) < 4.78 is 34.9. The number of rotatable bonds is 2. The van der Waals surface area contributed by atoms with Crippen LogP contribution in [0.1, 0.15) is 13.8 Å². The van der Waals surface area contributed by atoms with Crippen LogP contribution in [0.2, 0.25) is 0 Å². The molecule has 0 aromatic carbocycles. The van der Waals surface area contributed by atoms with Gasteiger partial charge in [-0.15, -0.1) is 0 Å². The second-order valence-electron chi connectivity index (χ2n) is 2.61. The Kier molecular flexibility index (Phi) is 3.51. The van der Waals surface area contributed by atoms with E-state index in [1.165, 1.54) is 13.8 Å². The molecule has 0 heterocycles. The van der Waals surface area contributed by atoms with Crippen LogP contribution in [0.25, 0.3) is 0 Å². The molecule has 72 valence electrons. The van der Waals surface area contributed by atoms with Gasteiger partial charge in [0.05, 0.1) is 0 Å². The summed E-state index contributed by atoms with van der Waals surface area (Å²) in [5, 5.41) is 10.3. The molecule has 0 aliphatic heterocycles. The molecule has 0 rings (SSSR count). The summed E-state index contributed by atoms with van der Waals surface area (Å²) in [6.07, 6.45) is -7.82. The quantitative estimate of drug-likeness (QED) is 0.655. The molecule has 0 aliphatic carbocycles. The number of amides is 1. The molecule has 0 radical (unpaired) electrons. The Labute approximate surface area is 67.6 Å². The Balaban J connectivity index is 4.12. The zero-order chi connectivity index (χ0) is 9.94. The van der Waals surface area contributed by atoms with Gasteiger partial charge in [-0.2, -0.15) is 13.2 Å². The molecule has 1 amide bonds. The van der Waals surface area contributed by atoms with Gasteiger partial charge in [0.25, 0.3) is 5.91 Å². The lowest BCUT2D eigenvalue weighted by Crippen LogP contribution is -2.46. The second kappa shape index (κ2) is 3.75. The summed E-state index contributed by atoms with van der Waals surface area (Å²) in [6, 6.07) is -0.422. The lowest BCUT2D eigenvalue weighted by atomic mass is 10.3. The van der Waals surface area contributed by atoms with E-state index in [2.05, 4.69) is 0 Å². The van der Waals surface area contributed by atoms with Crippen LogP contribution in [0.15, 0.2) is 0 Å². The highest BCUT2D eigenvalue weighted by Gasteiger charge is 2.43. The number of halogens is 3. The monoisotopic (exact) mass is 185 g/mol. The SMILES string of the molecule is CC(C)NC(=O)[C@H](O)C(F)(F)F. The Hall–Kier alpha value is -0.780. The number of carbonyl (C=O) groups is 1. The van der Waals surface area contributed by atoms with E-state index in [4.69, 9.17) is 5.11 Å². The minimum atomic E-state index is -4.89. The second-order valence-corrected chi connectivity index (χ2v) is 2.61. The van der Waals surface area contributed by atoms with Crippen molar-refractivity contribution in [3.05, 3.63) is 0 Å². The van der Waals surface area contributed by atoms with E-state index >= 15 is 0 Å². The predicted molar refractivity (Wildman–Crippen MR) is 35.3 cm³/mol. The molecule has 0 aliphatic rings. The van der Waals surface area contributed by atoms with E-state index in [9.17, 15) is 18.0 Å². The van der Waals surface area contributed by atoms with E-state index in [0.717, 1.165) is 0 Å². The summed E-state index contributed by atoms with van der Waals surface area (Å²) in [7, 11) is 0. The number of nitrogens with one attached hydrogen (secondary N) is 1. The van der Waals surface area contributed by atoms with Crippen molar-refractivity contribution in [2.24, 2.45) is 0 Å². The standard InChI is InChI=1S/C6H10F3NO2/c1-3(2)10-5(12)4(11)6(7,8)9/h3-4,11H,1-2H3,(H,10,12)/t4-/m0/s1. The van der Waals surface area contributed by atoms with Crippen molar-refractivity contribution in [1.29, 1.82) is 0 Å². The van der Waals surface area contributed by atoms with Crippen LogP contribution in [0.5, 0.6) is 0 Å². The first kappa shape index (κ1) is 11.2. The van der Waals surface area contributed by atoms with Crippen LogP contribution < -0.4 is 5.32 Å². The maximum Gasteiger partial charge on any atom is 0.423 e. The molecule has 3 nitrogen and oxygen atoms in total. The molecule has 0 bridgehead atoms. The van der Waals surface area contributed by atoms with Crippen LogP contribution >= 0.6 is 0 Å². The molecule has 0 saturated heterocycles. The fourth-order valence-corrected chi connectivity index (χ4v) is 0.512. The maximum absolute atomic E-state index is 11.6. The van der Waals surface area contributed by atoms with Gasteiger partial charge in [-0.1, -0.05) is 0 Å². The number of alkyl halides is 3. The smallest absolute Gasteiger partial charge is 0.376 e. The van der Waals surface area contributed by atoms with Gasteiger partial charge in [0.15, 0.2) is 0 Å². The van der Waals surface area contributed by atoms with E-state index < -0.39 is 24.2 Å². The van der Waals surface area contributed by atoms with Gasteiger partial charge in [-0.25, -0.2) is 0 Å². The van der Waals surface area contributed by atoms with Gasteiger partial charge in [-0.3, -0.25) is 4.79 Å². The summed E-state index contributed by atoms with van der Waals surface area (Å²) in [5.41, 5.74) is 0. The molecule has 0 unspecified atom stereocenters. The molecule has 0 fully saturated rings. The minimum absolute atomic E-state index is 0.422. The molecule has 0 aromatic heterocycles. The molecule has 6 heteroatoms. The highest BCUT2D eigenvalue weighted by molar-refractivity contribution is 5.81. The minimum Gasteiger partial charge on any atom is -0.376 e. The third-order valence-electron chi connectivity index (χ3n) is 0.989. The number of aliphatic hydroxyl groups excluding tert-OH is 1. The fourth-order valence-electron chi connectivity index (χ4n) is 0.512. The fraction of sp³-hybridized carbons (Fsp3) is 0.833. The Bertz CT molecular complexity index is 167. The average Bonchev–Trinajstić information content (AvgIpc) is 1.82.